The Kier molecular flexibility index (Phi) is 7.09. The van der Waals surface area contributed by atoms with E-state index in [0.29, 0.717) is 13.0 Å². The van der Waals surface area contributed by atoms with E-state index in [4.69, 9.17) is 4.74 Å². The van der Waals surface area contributed by atoms with Crippen LogP contribution >= 0.6 is 0 Å². The van der Waals surface area contributed by atoms with Gasteiger partial charge in [0.25, 0.3) is 0 Å². The highest BCUT2D eigenvalue weighted by molar-refractivity contribution is 5.92. The summed E-state index contributed by atoms with van der Waals surface area (Å²) in [6.45, 7) is 9.63. The van der Waals surface area contributed by atoms with Crippen molar-refractivity contribution in [1.82, 2.24) is 5.32 Å². The molecule has 0 spiro atoms. The number of nitrogens with one attached hydrogen (secondary N) is 2. The van der Waals surface area contributed by atoms with Gasteiger partial charge in [0.15, 0.2) is 0 Å². The molecule has 0 aliphatic heterocycles. The molecule has 112 valence electrons. The van der Waals surface area contributed by atoms with Crippen LogP contribution in [0.5, 0.6) is 5.75 Å². The van der Waals surface area contributed by atoms with Crippen molar-refractivity contribution in [3.63, 3.8) is 0 Å². The highest BCUT2D eigenvalue weighted by Crippen LogP contribution is 2.26. The first-order chi connectivity index (χ1) is 9.56. The lowest BCUT2D eigenvalue weighted by molar-refractivity contribution is -0.116. The van der Waals surface area contributed by atoms with Crippen molar-refractivity contribution < 1.29 is 9.53 Å². The molecule has 0 saturated heterocycles. The molecule has 0 aliphatic carbocycles. The topological polar surface area (TPSA) is 50.4 Å². The van der Waals surface area contributed by atoms with Gasteiger partial charge >= 0.3 is 0 Å². The summed E-state index contributed by atoms with van der Waals surface area (Å²) in [5.41, 5.74) is 1.87. The predicted molar refractivity (Wildman–Crippen MR) is 83.4 cm³/mol. The molecule has 1 unspecified atom stereocenters. The number of carbonyl (C=O) groups excluding carboxylic acids is 1. The largest absolute Gasteiger partial charge is 0.491 e. The maximum atomic E-state index is 12.0. The second kappa shape index (κ2) is 8.59. The van der Waals surface area contributed by atoms with Gasteiger partial charge in [0.05, 0.1) is 12.3 Å². The Hall–Kier alpha value is -1.55. The number of rotatable bonds is 8. The second-order valence-electron chi connectivity index (χ2n) is 5.06. The van der Waals surface area contributed by atoms with Crippen LogP contribution in [0.25, 0.3) is 0 Å². The summed E-state index contributed by atoms with van der Waals surface area (Å²) < 4.78 is 5.69. The summed E-state index contributed by atoms with van der Waals surface area (Å²) in [6, 6.07) is 6.00. The van der Waals surface area contributed by atoms with E-state index in [0.717, 1.165) is 30.0 Å². The number of hydrogen-bond acceptors (Lipinski definition) is 3. The zero-order valence-corrected chi connectivity index (χ0v) is 13.0. The summed E-state index contributed by atoms with van der Waals surface area (Å²) >= 11 is 0. The van der Waals surface area contributed by atoms with E-state index in [1.807, 2.05) is 39.0 Å². The fourth-order valence-corrected chi connectivity index (χ4v) is 1.96. The lowest BCUT2D eigenvalue weighted by atomic mass is 10.2. The fourth-order valence-electron chi connectivity index (χ4n) is 1.96. The molecule has 0 bridgehead atoms. The van der Waals surface area contributed by atoms with Gasteiger partial charge in [0, 0.05) is 12.5 Å². The number of anilines is 1. The third-order valence-corrected chi connectivity index (χ3v) is 2.92. The van der Waals surface area contributed by atoms with E-state index in [9.17, 15) is 4.79 Å². The zero-order chi connectivity index (χ0) is 15.0. The van der Waals surface area contributed by atoms with Crippen LogP contribution in [-0.2, 0) is 4.79 Å². The first-order valence-electron chi connectivity index (χ1n) is 7.33. The van der Waals surface area contributed by atoms with Crippen LogP contribution in [0.2, 0.25) is 0 Å². The molecular formula is C16H26N2O2. The normalized spacial score (nSPS) is 12.0. The van der Waals surface area contributed by atoms with E-state index >= 15 is 0 Å². The molecule has 4 nitrogen and oxygen atoms in total. The third kappa shape index (κ3) is 5.61. The first kappa shape index (κ1) is 16.5. The molecule has 0 saturated carbocycles. The van der Waals surface area contributed by atoms with Crippen LogP contribution in [0.3, 0.4) is 0 Å². The Bertz CT molecular complexity index is 432. The summed E-state index contributed by atoms with van der Waals surface area (Å²) in [5, 5.41) is 6.16. The maximum absolute atomic E-state index is 12.0. The van der Waals surface area contributed by atoms with Crippen molar-refractivity contribution >= 4 is 11.6 Å². The van der Waals surface area contributed by atoms with Gasteiger partial charge in [0.1, 0.15) is 5.75 Å². The average Bonchev–Trinajstić information content (AvgIpc) is 2.39. The van der Waals surface area contributed by atoms with Crippen LogP contribution in [0, 0.1) is 6.92 Å². The molecule has 1 aromatic carbocycles. The van der Waals surface area contributed by atoms with Crippen LogP contribution in [0.15, 0.2) is 18.2 Å². The smallest absolute Gasteiger partial charge is 0.226 e. The molecule has 1 rings (SSSR count). The number of aryl methyl sites for hydroxylation is 1. The number of carbonyl (C=O) groups is 1. The minimum absolute atomic E-state index is 0.00338. The number of benzene rings is 1. The lowest BCUT2D eigenvalue weighted by Crippen LogP contribution is -2.30. The molecule has 0 heterocycles. The van der Waals surface area contributed by atoms with Crippen molar-refractivity contribution in [2.45, 2.75) is 46.6 Å². The van der Waals surface area contributed by atoms with Crippen molar-refractivity contribution in [3.8, 4) is 5.75 Å². The Morgan fingerprint density at radius 3 is 2.75 bits per heavy atom. The Labute approximate surface area is 121 Å². The van der Waals surface area contributed by atoms with Gasteiger partial charge < -0.3 is 15.4 Å². The molecule has 4 heteroatoms. The molecule has 1 atom stereocenters. The number of hydrogen-bond donors (Lipinski definition) is 2. The minimum atomic E-state index is 0.00338. The Morgan fingerprint density at radius 1 is 1.35 bits per heavy atom. The van der Waals surface area contributed by atoms with E-state index in [-0.39, 0.29) is 11.9 Å². The van der Waals surface area contributed by atoms with Crippen LogP contribution in [0.1, 0.15) is 39.2 Å². The van der Waals surface area contributed by atoms with E-state index < -0.39 is 0 Å². The summed E-state index contributed by atoms with van der Waals surface area (Å²) in [7, 11) is 0. The SMILES string of the molecule is CCCOc1cc(C)ccc1NC(=O)CC(C)NCC. The molecule has 0 aromatic heterocycles. The number of ether oxygens (including phenoxy) is 1. The van der Waals surface area contributed by atoms with Crippen LogP contribution in [-0.4, -0.2) is 25.1 Å². The van der Waals surface area contributed by atoms with Gasteiger partial charge in [-0.2, -0.15) is 0 Å². The summed E-state index contributed by atoms with van der Waals surface area (Å²) in [6.07, 6.45) is 1.40. The van der Waals surface area contributed by atoms with Gasteiger partial charge in [-0.05, 0) is 44.5 Å². The van der Waals surface area contributed by atoms with Gasteiger partial charge in [0.2, 0.25) is 5.91 Å². The van der Waals surface area contributed by atoms with Gasteiger partial charge in [-0.15, -0.1) is 0 Å². The minimum Gasteiger partial charge on any atom is -0.491 e. The quantitative estimate of drug-likeness (QED) is 0.768. The molecule has 0 fully saturated rings. The Balaban J connectivity index is 2.68. The Morgan fingerprint density at radius 2 is 2.10 bits per heavy atom. The standard InChI is InChI=1S/C16H26N2O2/c1-5-9-20-15-10-12(3)7-8-14(15)18-16(19)11-13(4)17-6-2/h7-8,10,13,17H,5-6,9,11H2,1-4H3,(H,18,19). The summed E-state index contributed by atoms with van der Waals surface area (Å²) in [4.78, 5) is 12.0. The first-order valence-corrected chi connectivity index (χ1v) is 7.33. The molecule has 1 aromatic rings. The van der Waals surface area contributed by atoms with Gasteiger partial charge in [-0.1, -0.05) is 19.9 Å². The molecule has 1 amide bonds. The average molecular weight is 278 g/mol. The van der Waals surface area contributed by atoms with Gasteiger partial charge in [-0.3, -0.25) is 4.79 Å². The molecule has 0 radical (unpaired) electrons. The maximum Gasteiger partial charge on any atom is 0.226 e. The zero-order valence-electron chi connectivity index (χ0n) is 13.0. The summed E-state index contributed by atoms with van der Waals surface area (Å²) in [5.74, 6) is 0.750. The van der Waals surface area contributed by atoms with Crippen LogP contribution < -0.4 is 15.4 Å². The van der Waals surface area contributed by atoms with Gasteiger partial charge in [-0.25, -0.2) is 0 Å². The van der Waals surface area contributed by atoms with Crippen molar-refractivity contribution in [1.29, 1.82) is 0 Å². The second-order valence-corrected chi connectivity index (χ2v) is 5.06. The third-order valence-electron chi connectivity index (χ3n) is 2.92. The van der Waals surface area contributed by atoms with E-state index in [1.165, 1.54) is 0 Å². The van der Waals surface area contributed by atoms with Crippen molar-refractivity contribution in [3.05, 3.63) is 23.8 Å². The highest BCUT2D eigenvalue weighted by Gasteiger charge is 2.11. The van der Waals surface area contributed by atoms with E-state index in [2.05, 4.69) is 17.6 Å². The monoisotopic (exact) mass is 278 g/mol. The van der Waals surface area contributed by atoms with Crippen molar-refractivity contribution in [2.75, 3.05) is 18.5 Å². The number of amides is 1. The highest BCUT2D eigenvalue weighted by atomic mass is 16.5. The lowest BCUT2D eigenvalue weighted by Gasteiger charge is -2.15. The molecule has 20 heavy (non-hydrogen) atoms. The van der Waals surface area contributed by atoms with E-state index in [1.54, 1.807) is 0 Å². The van der Waals surface area contributed by atoms with Crippen LogP contribution in [0.4, 0.5) is 5.69 Å². The molecule has 0 aliphatic rings. The van der Waals surface area contributed by atoms with Crippen molar-refractivity contribution in [2.24, 2.45) is 0 Å². The molecule has 2 N–H and O–H groups in total. The molecular weight excluding hydrogens is 252 g/mol. The predicted octanol–water partition coefficient (Wildman–Crippen LogP) is 3.11. The fraction of sp³-hybridized carbons (Fsp3) is 0.562.